The van der Waals surface area contributed by atoms with Crippen molar-refractivity contribution in [2.45, 2.75) is 57.8 Å². The van der Waals surface area contributed by atoms with Crippen molar-refractivity contribution < 1.29 is 14.0 Å². The quantitative estimate of drug-likeness (QED) is 0.754. The molecule has 0 aromatic carbocycles. The molecule has 0 N–H and O–H groups in total. The van der Waals surface area contributed by atoms with Crippen LogP contribution < -0.4 is 5.59 Å². The molecular formula is C13H22BN3O3. The maximum absolute atomic E-state index is 5.99. The molecule has 0 amide bonds. The van der Waals surface area contributed by atoms with Crippen molar-refractivity contribution in [1.82, 2.24) is 15.0 Å². The van der Waals surface area contributed by atoms with E-state index in [1.165, 1.54) is 0 Å². The lowest BCUT2D eigenvalue weighted by Crippen LogP contribution is -2.41. The Hall–Kier alpha value is -0.915. The van der Waals surface area contributed by atoms with E-state index in [4.69, 9.17) is 14.0 Å². The van der Waals surface area contributed by atoms with Gasteiger partial charge >= 0.3 is 7.12 Å². The van der Waals surface area contributed by atoms with E-state index in [2.05, 4.69) is 10.2 Å². The fourth-order valence-electron chi connectivity index (χ4n) is 2.45. The highest BCUT2D eigenvalue weighted by Crippen LogP contribution is 2.36. The van der Waals surface area contributed by atoms with Crippen molar-refractivity contribution >= 4 is 12.7 Å². The Morgan fingerprint density at radius 3 is 2.35 bits per heavy atom. The van der Waals surface area contributed by atoms with Gasteiger partial charge in [0.05, 0.1) is 23.4 Å². The standard InChI is InChI=1S/C13H22BN3O3/c1-12(2)13(3,4)20-14(19-12)11-9-15-17(16-11)10-5-7-18-8-6-10/h9-10H,5-8H2,1-4H3. The van der Waals surface area contributed by atoms with Crippen LogP contribution in [0.1, 0.15) is 46.6 Å². The van der Waals surface area contributed by atoms with E-state index in [1.807, 2.05) is 27.7 Å². The Kier molecular flexibility index (Phi) is 3.39. The Morgan fingerprint density at radius 2 is 1.75 bits per heavy atom. The van der Waals surface area contributed by atoms with Crippen LogP contribution in [0.15, 0.2) is 6.20 Å². The molecule has 0 saturated carbocycles. The van der Waals surface area contributed by atoms with E-state index >= 15 is 0 Å². The molecule has 0 bridgehead atoms. The molecular weight excluding hydrogens is 257 g/mol. The molecule has 7 heteroatoms. The highest BCUT2D eigenvalue weighted by atomic mass is 16.7. The first-order valence-corrected chi connectivity index (χ1v) is 7.24. The molecule has 2 fully saturated rings. The lowest BCUT2D eigenvalue weighted by Gasteiger charge is -2.32. The number of nitrogens with zero attached hydrogens (tertiary/aromatic N) is 3. The van der Waals surface area contributed by atoms with Crippen molar-refractivity contribution in [2.75, 3.05) is 13.2 Å². The highest BCUT2D eigenvalue weighted by molar-refractivity contribution is 6.61. The van der Waals surface area contributed by atoms with Crippen molar-refractivity contribution in [3.05, 3.63) is 6.20 Å². The van der Waals surface area contributed by atoms with Crippen LogP contribution in [-0.2, 0) is 14.0 Å². The minimum atomic E-state index is -0.436. The summed E-state index contributed by atoms with van der Waals surface area (Å²) in [6.07, 6.45) is 3.66. The second-order valence-corrected chi connectivity index (χ2v) is 6.52. The molecule has 6 nitrogen and oxygen atoms in total. The van der Waals surface area contributed by atoms with Gasteiger partial charge in [0.15, 0.2) is 0 Å². The smallest absolute Gasteiger partial charge is 0.398 e. The van der Waals surface area contributed by atoms with Gasteiger partial charge in [-0.1, -0.05) is 0 Å². The van der Waals surface area contributed by atoms with E-state index in [1.54, 1.807) is 11.0 Å². The molecule has 0 atom stereocenters. The first-order valence-electron chi connectivity index (χ1n) is 7.24. The molecule has 2 aliphatic rings. The summed E-state index contributed by atoms with van der Waals surface area (Å²) >= 11 is 0. The summed E-state index contributed by atoms with van der Waals surface area (Å²) in [5, 5.41) is 8.92. The fraction of sp³-hybridized carbons (Fsp3) is 0.846. The Morgan fingerprint density at radius 1 is 1.15 bits per heavy atom. The van der Waals surface area contributed by atoms with Crippen LogP contribution in [0.5, 0.6) is 0 Å². The van der Waals surface area contributed by atoms with Gasteiger partial charge in [-0.25, -0.2) is 0 Å². The summed E-state index contributed by atoms with van der Waals surface area (Å²) in [4.78, 5) is 1.78. The van der Waals surface area contributed by atoms with Gasteiger partial charge in [0.1, 0.15) is 5.59 Å². The van der Waals surface area contributed by atoms with Crippen molar-refractivity contribution in [1.29, 1.82) is 0 Å². The van der Waals surface area contributed by atoms with E-state index in [-0.39, 0.29) is 11.2 Å². The lowest BCUT2D eigenvalue weighted by molar-refractivity contribution is 0.00578. The van der Waals surface area contributed by atoms with Gasteiger partial charge in [-0.2, -0.15) is 15.0 Å². The highest BCUT2D eigenvalue weighted by Gasteiger charge is 2.52. The van der Waals surface area contributed by atoms with Crippen LogP contribution in [0, 0.1) is 0 Å². The van der Waals surface area contributed by atoms with E-state index < -0.39 is 7.12 Å². The fourth-order valence-corrected chi connectivity index (χ4v) is 2.45. The Labute approximate surface area is 119 Å². The predicted molar refractivity (Wildman–Crippen MR) is 74.8 cm³/mol. The van der Waals surface area contributed by atoms with Crippen LogP contribution in [0.3, 0.4) is 0 Å². The third kappa shape index (κ3) is 2.38. The molecule has 0 aliphatic carbocycles. The summed E-state index contributed by atoms with van der Waals surface area (Å²) < 4.78 is 17.3. The molecule has 20 heavy (non-hydrogen) atoms. The van der Waals surface area contributed by atoms with Crippen molar-refractivity contribution in [3.63, 3.8) is 0 Å². The zero-order chi connectivity index (χ0) is 14.4. The van der Waals surface area contributed by atoms with Crippen molar-refractivity contribution in [3.8, 4) is 0 Å². The molecule has 3 heterocycles. The minimum absolute atomic E-state index is 0.319. The number of hydrogen-bond donors (Lipinski definition) is 0. The number of hydrogen-bond acceptors (Lipinski definition) is 5. The molecule has 2 aliphatic heterocycles. The number of rotatable bonds is 2. The van der Waals surface area contributed by atoms with Gasteiger partial charge in [-0.05, 0) is 40.5 Å². The topological polar surface area (TPSA) is 58.4 Å². The largest absolute Gasteiger partial charge is 0.518 e. The number of ether oxygens (including phenoxy) is 1. The van der Waals surface area contributed by atoms with Gasteiger partial charge in [-0.15, -0.1) is 0 Å². The predicted octanol–water partition coefficient (Wildman–Crippen LogP) is 0.929. The second kappa shape index (κ2) is 4.82. The van der Waals surface area contributed by atoms with Crippen LogP contribution in [0.2, 0.25) is 0 Å². The average Bonchev–Trinajstić information content (AvgIpc) is 2.94. The second-order valence-electron chi connectivity index (χ2n) is 6.52. The summed E-state index contributed by atoms with van der Waals surface area (Å²) in [7, 11) is -0.436. The maximum atomic E-state index is 5.99. The Bertz CT molecular complexity index is 467. The molecule has 1 aromatic rings. The molecule has 3 rings (SSSR count). The van der Waals surface area contributed by atoms with Crippen LogP contribution in [0.25, 0.3) is 0 Å². The van der Waals surface area contributed by atoms with E-state index in [0.29, 0.717) is 6.04 Å². The summed E-state index contributed by atoms with van der Waals surface area (Å²) in [5.74, 6) is 0. The van der Waals surface area contributed by atoms with Crippen LogP contribution >= 0.6 is 0 Å². The summed E-state index contributed by atoms with van der Waals surface area (Å²) in [6.45, 7) is 9.70. The van der Waals surface area contributed by atoms with Gasteiger partial charge in [-0.3, -0.25) is 0 Å². The lowest BCUT2D eigenvalue weighted by atomic mass is 9.86. The van der Waals surface area contributed by atoms with E-state index in [9.17, 15) is 0 Å². The first-order chi connectivity index (χ1) is 9.39. The van der Waals surface area contributed by atoms with Crippen LogP contribution in [0.4, 0.5) is 0 Å². The number of aromatic nitrogens is 3. The molecule has 0 spiro atoms. The van der Waals surface area contributed by atoms with Gasteiger partial charge in [0.2, 0.25) is 0 Å². The Balaban J connectivity index is 1.74. The third-order valence-electron chi connectivity index (χ3n) is 4.54. The third-order valence-corrected chi connectivity index (χ3v) is 4.54. The monoisotopic (exact) mass is 279 g/mol. The SMILES string of the molecule is CC1(C)OB(c2cnn(C3CCOCC3)n2)OC1(C)C. The molecule has 0 unspecified atom stereocenters. The summed E-state index contributed by atoms with van der Waals surface area (Å²) in [5.41, 5.74) is 0.0513. The minimum Gasteiger partial charge on any atom is -0.398 e. The zero-order valence-corrected chi connectivity index (χ0v) is 12.6. The normalized spacial score (nSPS) is 26.1. The molecule has 2 saturated heterocycles. The average molecular weight is 279 g/mol. The van der Waals surface area contributed by atoms with Crippen LogP contribution in [-0.4, -0.2) is 46.5 Å². The van der Waals surface area contributed by atoms with Gasteiger partial charge in [0, 0.05) is 13.2 Å². The van der Waals surface area contributed by atoms with Crippen molar-refractivity contribution in [2.24, 2.45) is 0 Å². The van der Waals surface area contributed by atoms with E-state index in [0.717, 1.165) is 31.6 Å². The van der Waals surface area contributed by atoms with Gasteiger partial charge in [0.25, 0.3) is 0 Å². The maximum Gasteiger partial charge on any atom is 0.518 e. The molecule has 110 valence electrons. The molecule has 0 radical (unpaired) electrons. The van der Waals surface area contributed by atoms with Gasteiger partial charge < -0.3 is 14.0 Å². The molecule has 1 aromatic heterocycles. The summed E-state index contributed by atoms with van der Waals surface area (Å²) in [6, 6.07) is 0.319. The first kappa shape index (κ1) is 14.0. The zero-order valence-electron chi connectivity index (χ0n) is 12.6.